The van der Waals surface area contributed by atoms with Crippen molar-refractivity contribution in [2.75, 3.05) is 0 Å². The van der Waals surface area contributed by atoms with E-state index in [1.165, 1.54) is 0 Å². The summed E-state index contributed by atoms with van der Waals surface area (Å²) < 4.78 is 26.0. The Morgan fingerprint density at radius 1 is 1.11 bits per heavy atom. The minimum Gasteiger partial charge on any atom is -0.488 e. The zero-order chi connectivity index (χ0) is 13.8. The molecule has 2 aromatic carbocycles. The summed E-state index contributed by atoms with van der Waals surface area (Å²) >= 11 is -1.95. The molecule has 0 saturated heterocycles. The Morgan fingerprint density at radius 3 is 2.21 bits per heavy atom. The van der Waals surface area contributed by atoms with Crippen LogP contribution in [0.4, 0.5) is 0 Å². The second kappa shape index (κ2) is 5.99. The third-order valence-corrected chi connectivity index (χ3v) is 3.50. The van der Waals surface area contributed by atoms with Gasteiger partial charge in [0.1, 0.15) is 12.4 Å². The molecule has 100 valence electrons. The molecule has 3 nitrogen and oxygen atoms in total. The van der Waals surface area contributed by atoms with Crippen molar-refractivity contribution in [3.63, 3.8) is 0 Å². The maximum Gasteiger partial charge on any atom is 0.186 e. The van der Waals surface area contributed by atoms with E-state index < -0.39 is 11.1 Å². The van der Waals surface area contributed by atoms with Crippen LogP contribution in [-0.4, -0.2) is 8.76 Å². The summed E-state index contributed by atoms with van der Waals surface area (Å²) in [4.78, 5) is 0.405. The SMILES string of the molecule is Cc1cc(S(=O)O)cc(C)c1OCc1ccccc1. The van der Waals surface area contributed by atoms with Gasteiger partial charge in [0, 0.05) is 0 Å². The van der Waals surface area contributed by atoms with E-state index in [4.69, 9.17) is 9.29 Å². The predicted molar refractivity (Wildman–Crippen MR) is 75.7 cm³/mol. The number of aryl methyl sites for hydroxylation is 2. The van der Waals surface area contributed by atoms with Crippen molar-refractivity contribution in [2.24, 2.45) is 0 Å². The topological polar surface area (TPSA) is 46.5 Å². The molecule has 0 spiro atoms. The molecule has 1 unspecified atom stereocenters. The molecule has 1 atom stereocenters. The van der Waals surface area contributed by atoms with Crippen LogP contribution in [0.3, 0.4) is 0 Å². The molecule has 0 amide bonds. The molecule has 0 saturated carbocycles. The summed E-state index contributed by atoms with van der Waals surface area (Å²) in [6.07, 6.45) is 0. The number of ether oxygens (including phenoxy) is 1. The van der Waals surface area contributed by atoms with Gasteiger partial charge < -0.3 is 9.29 Å². The number of benzene rings is 2. The minimum atomic E-state index is -1.95. The summed E-state index contributed by atoms with van der Waals surface area (Å²) in [7, 11) is 0. The Labute approximate surface area is 115 Å². The van der Waals surface area contributed by atoms with E-state index in [0.29, 0.717) is 11.5 Å². The van der Waals surface area contributed by atoms with Crippen LogP contribution < -0.4 is 4.74 Å². The van der Waals surface area contributed by atoms with Gasteiger partial charge in [-0.25, -0.2) is 4.21 Å². The summed E-state index contributed by atoms with van der Waals surface area (Å²) in [5.74, 6) is 0.776. The molecular formula is C15H16O3S. The maximum absolute atomic E-state index is 11.1. The van der Waals surface area contributed by atoms with E-state index >= 15 is 0 Å². The average molecular weight is 276 g/mol. The molecule has 0 heterocycles. The molecular weight excluding hydrogens is 260 g/mol. The van der Waals surface area contributed by atoms with Crippen molar-refractivity contribution in [1.29, 1.82) is 0 Å². The van der Waals surface area contributed by atoms with Gasteiger partial charge in [-0.15, -0.1) is 0 Å². The van der Waals surface area contributed by atoms with Crippen LogP contribution in [0, 0.1) is 13.8 Å². The van der Waals surface area contributed by atoms with Crippen LogP contribution in [-0.2, 0) is 17.7 Å². The molecule has 0 aliphatic heterocycles. The summed E-state index contributed by atoms with van der Waals surface area (Å²) in [5, 5.41) is 0. The van der Waals surface area contributed by atoms with Gasteiger partial charge in [0.05, 0.1) is 4.90 Å². The Kier molecular flexibility index (Phi) is 4.35. The molecule has 2 aromatic rings. The Balaban J connectivity index is 2.19. The Morgan fingerprint density at radius 2 is 1.68 bits per heavy atom. The van der Waals surface area contributed by atoms with E-state index in [-0.39, 0.29) is 0 Å². The van der Waals surface area contributed by atoms with Crippen LogP contribution in [0.25, 0.3) is 0 Å². The van der Waals surface area contributed by atoms with Crippen molar-refractivity contribution < 1.29 is 13.5 Å². The van der Waals surface area contributed by atoms with Gasteiger partial charge in [-0.3, -0.25) is 0 Å². The van der Waals surface area contributed by atoms with Crippen molar-refractivity contribution in [2.45, 2.75) is 25.3 Å². The van der Waals surface area contributed by atoms with Gasteiger partial charge in [-0.2, -0.15) is 0 Å². The van der Waals surface area contributed by atoms with Crippen molar-refractivity contribution in [3.8, 4) is 5.75 Å². The van der Waals surface area contributed by atoms with Crippen LogP contribution in [0.1, 0.15) is 16.7 Å². The van der Waals surface area contributed by atoms with Crippen LogP contribution in [0.2, 0.25) is 0 Å². The van der Waals surface area contributed by atoms with Crippen molar-refractivity contribution in [3.05, 3.63) is 59.2 Å². The molecule has 0 aliphatic carbocycles. The summed E-state index contributed by atoms with van der Waals surface area (Å²) in [5.41, 5.74) is 2.83. The number of hydrogen-bond acceptors (Lipinski definition) is 2. The van der Waals surface area contributed by atoms with Gasteiger partial charge >= 0.3 is 0 Å². The largest absolute Gasteiger partial charge is 0.488 e. The highest BCUT2D eigenvalue weighted by molar-refractivity contribution is 7.79. The fourth-order valence-corrected chi connectivity index (χ4v) is 2.52. The zero-order valence-electron chi connectivity index (χ0n) is 10.9. The highest BCUT2D eigenvalue weighted by atomic mass is 32.2. The summed E-state index contributed by atoms with van der Waals surface area (Å²) in [6, 6.07) is 13.3. The lowest BCUT2D eigenvalue weighted by Crippen LogP contribution is -2.00. The number of hydrogen-bond donors (Lipinski definition) is 1. The first kappa shape index (κ1) is 13.8. The molecule has 0 bridgehead atoms. The Hall–Kier alpha value is -1.65. The highest BCUT2D eigenvalue weighted by Gasteiger charge is 2.09. The summed E-state index contributed by atoms with van der Waals surface area (Å²) in [6.45, 7) is 4.25. The van der Waals surface area contributed by atoms with Crippen molar-refractivity contribution in [1.82, 2.24) is 0 Å². The highest BCUT2D eigenvalue weighted by Crippen LogP contribution is 2.26. The van der Waals surface area contributed by atoms with Crippen LogP contribution >= 0.6 is 0 Å². The second-order valence-corrected chi connectivity index (χ2v) is 5.38. The first-order valence-corrected chi connectivity index (χ1v) is 7.07. The van der Waals surface area contributed by atoms with E-state index in [2.05, 4.69) is 0 Å². The normalized spacial score (nSPS) is 12.2. The maximum atomic E-state index is 11.1. The third-order valence-electron chi connectivity index (χ3n) is 2.86. The Bertz CT molecular complexity index is 571. The molecule has 19 heavy (non-hydrogen) atoms. The molecule has 0 fully saturated rings. The number of rotatable bonds is 4. The standard InChI is InChI=1S/C15H16O3S/c1-11-8-14(19(16)17)9-12(2)15(11)18-10-13-6-4-3-5-7-13/h3-9H,10H2,1-2H3,(H,16,17). The molecule has 2 rings (SSSR count). The lowest BCUT2D eigenvalue weighted by molar-refractivity contribution is 0.301. The lowest BCUT2D eigenvalue weighted by atomic mass is 10.1. The fraction of sp³-hybridized carbons (Fsp3) is 0.200. The molecule has 1 N–H and O–H groups in total. The van der Waals surface area contributed by atoms with Gasteiger partial charge in [0.15, 0.2) is 11.1 Å². The van der Waals surface area contributed by atoms with Gasteiger partial charge in [-0.05, 0) is 42.7 Å². The third kappa shape index (κ3) is 3.43. The molecule has 0 aliphatic rings. The van der Waals surface area contributed by atoms with Crippen LogP contribution in [0.15, 0.2) is 47.4 Å². The smallest absolute Gasteiger partial charge is 0.186 e. The molecule has 0 radical (unpaired) electrons. The molecule has 4 heteroatoms. The molecule has 0 aromatic heterocycles. The first-order chi connectivity index (χ1) is 9.08. The zero-order valence-corrected chi connectivity index (χ0v) is 11.7. The first-order valence-electron chi connectivity index (χ1n) is 5.97. The van der Waals surface area contributed by atoms with E-state index in [0.717, 1.165) is 22.4 Å². The lowest BCUT2D eigenvalue weighted by Gasteiger charge is -2.13. The van der Waals surface area contributed by atoms with E-state index in [9.17, 15) is 4.21 Å². The fourth-order valence-electron chi connectivity index (χ4n) is 1.97. The van der Waals surface area contributed by atoms with Crippen LogP contribution in [0.5, 0.6) is 5.75 Å². The second-order valence-electron chi connectivity index (χ2n) is 4.41. The van der Waals surface area contributed by atoms with Gasteiger partial charge in [0.25, 0.3) is 0 Å². The van der Waals surface area contributed by atoms with Crippen molar-refractivity contribution >= 4 is 11.1 Å². The minimum absolute atomic E-state index is 0.405. The predicted octanol–water partition coefficient (Wildman–Crippen LogP) is 3.46. The van der Waals surface area contributed by atoms with E-state index in [1.807, 2.05) is 44.2 Å². The van der Waals surface area contributed by atoms with Gasteiger partial charge in [-0.1, -0.05) is 30.3 Å². The average Bonchev–Trinajstić information content (AvgIpc) is 2.38. The quantitative estimate of drug-likeness (QED) is 0.870. The van der Waals surface area contributed by atoms with Gasteiger partial charge in [0.2, 0.25) is 0 Å². The monoisotopic (exact) mass is 276 g/mol. The van der Waals surface area contributed by atoms with E-state index in [1.54, 1.807) is 12.1 Å².